The van der Waals surface area contributed by atoms with Crippen molar-refractivity contribution in [2.75, 3.05) is 65.4 Å². The average Bonchev–Trinajstić information content (AvgIpc) is 3.31. The van der Waals surface area contributed by atoms with Gasteiger partial charge < -0.3 is 24.4 Å². The number of thiophene rings is 1. The molecule has 5 rings (SSSR count). The quantitative estimate of drug-likeness (QED) is 0.181. The molecule has 40 heavy (non-hydrogen) atoms. The average molecular weight is 579 g/mol. The number of aromatic hydroxyl groups is 2. The van der Waals surface area contributed by atoms with Crippen molar-refractivity contribution in [2.45, 2.75) is 0 Å². The molecule has 1 aromatic heterocycles. The van der Waals surface area contributed by atoms with Gasteiger partial charge >= 0.3 is 0 Å². The van der Waals surface area contributed by atoms with E-state index in [1.807, 2.05) is 25.5 Å². The van der Waals surface area contributed by atoms with Gasteiger partial charge in [0, 0.05) is 71.5 Å². The number of ketones is 1. The standard InChI is InChI=1S/C31H35N2O5PS/c1-39(2,37)20-18-33-15-13-32(14-16-33)17-19-38-26-10-5-22(6-11-26)30(36)29-27-12-9-25(35)21-28(27)40-31(29)23-3-7-24(34)8-4-23/h3-12,21,34-35H,13-20H2,1-2H3. The van der Waals surface area contributed by atoms with Gasteiger partial charge in [0.15, 0.2) is 5.78 Å². The number of phenols is 2. The molecule has 9 heteroatoms. The molecule has 1 aliphatic heterocycles. The summed E-state index contributed by atoms with van der Waals surface area (Å²) in [6, 6.07) is 19.1. The number of rotatable bonds is 10. The highest BCUT2D eigenvalue weighted by atomic mass is 32.1. The van der Waals surface area contributed by atoms with Gasteiger partial charge in [-0.2, -0.15) is 0 Å². The van der Waals surface area contributed by atoms with Crippen LogP contribution in [0, 0.1) is 0 Å². The molecule has 1 fully saturated rings. The lowest BCUT2D eigenvalue weighted by Gasteiger charge is -2.34. The molecule has 3 aromatic carbocycles. The summed E-state index contributed by atoms with van der Waals surface area (Å²) < 4.78 is 18.8. The summed E-state index contributed by atoms with van der Waals surface area (Å²) >= 11 is 1.44. The van der Waals surface area contributed by atoms with Crippen molar-refractivity contribution in [1.82, 2.24) is 9.80 Å². The monoisotopic (exact) mass is 578 g/mol. The maximum absolute atomic E-state index is 13.8. The molecule has 1 aliphatic rings. The zero-order valence-corrected chi connectivity index (χ0v) is 24.6. The van der Waals surface area contributed by atoms with Gasteiger partial charge in [-0.05, 0) is 85.6 Å². The largest absolute Gasteiger partial charge is 0.508 e. The summed E-state index contributed by atoms with van der Waals surface area (Å²) in [6.45, 7) is 9.94. The number of carbonyl (C=O) groups is 1. The maximum Gasteiger partial charge on any atom is 0.195 e. The molecule has 0 aliphatic carbocycles. The van der Waals surface area contributed by atoms with Crippen LogP contribution in [0.3, 0.4) is 0 Å². The van der Waals surface area contributed by atoms with E-state index in [2.05, 4.69) is 9.80 Å². The Morgan fingerprint density at radius 3 is 2.15 bits per heavy atom. The number of ether oxygens (including phenoxy) is 1. The van der Waals surface area contributed by atoms with Gasteiger partial charge in [0.2, 0.25) is 0 Å². The molecular weight excluding hydrogens is 543 g/mol. The van der Waals surface area contributed by atoms with E-state index in [0.29, 0.717) is 17.7 Å². The first-order valence-corrected chi connectivity index (χ1v) is 17.1. The normalized spacial score (nSPS) is 14.9. The van der Waals surface area contributed by atoms with Crippen LogP contribution in [0.1, 0.15) is 15.9 Å². The first-order chi connectivity index (χ1) is 19.2. The zero-order chi connectivity index (χ0) is 28.3. The van der Waals surface area contributed by atoms with Gasteiger partial charge in [-0.3, -0.25) is 9.69 Å². The SMILES string of the molecule is CP(C)(=O)CCN1CCN(CCOc2ccc(C(=O)c3c(-c4ccc(O)cc4)sc4cc(O)ccc34)cc2)CC1. The molecule has 0 amide bonds. The minimum atomic E-state index is -1.97. The zero-order valence-electron chi connectivity index (χ0n) is 22.9. The third-order valence-corrected chi connectivity index (χ3v) is 9.72. The number of fused-ring (bicyclic) bond motifs is 1. The highest BCUT2D eigenvalue weighted by Crippen LogP contribution is 2.41. The molecule has 0 radical (unpaired) electrons. The highest BCUT2D eigenvalue weighted by Gasteiger charge is 2.22. The Morgan fingerprint density at radius 1 is 0.875 bits per heavy atom. The van der Waals surface area contributed by atoms with E-state index in [-0.39, 0.29) is 17.3 Å². The predicted octanol–water partition coefficient (Wildman–Crippen LogP) is 5.83. The summed E-state index contributed by atoms with van der Waals surface area (Å²) in [4.78, 5) is 19.3. The van der Waals surface area contributed by atoms with Crippen LogP contribution in [-0.4, -0.2) is 91.2 Å². The molecule has 2 heterocycles. The lowest BCUT2D eigenvalue weighted by Crippen LogP contribution is -2.48. The van der Waals surface area contributed by atoms with E-state index >= 15 is 0 Å². The van der Waals surface area contributed by atoms with Crippen molar-refractivity contribution >= 4 is 34.3 Å². The van der Waals surface area contributed by atoms with Crippen LogP contribution in [0.4, 0.5) is 0 Å². The summed E-state index contributed by atoms with van der Waals surface area (Å²) in [5, 5.41) is 20.5. The van der Waals surface area contributed by atoms with Crippen LogP contribution < -0.4 is 4.74 Å². The molecule has 0 unspecified atom stereocenters. The summed E-state index contributed by atoms with van der Waals surface area (Å²) in [6.07, 6.45) is 0.777. The van der Waals surface area contributed by atoms with Crippen LogP contribution in [0.2, 0.25) is 0 Å². The van der Waals surface area contributed by atoms with Crippen LogP contribution in [0.25, 0.3) is 20.5 Å². The van der Waals surface area contributed by atoms with Crippen LogP contribution in [0.15, 0.2) is 66.7 Å². The van der Waals surface area contributed by atoms with Gasteiger partial charge in [0.1, 0.15) is 23.9 Å². The van der Waals surface area contributed by atoms with Crippen molar-refractivity contribution in [1.29, 1.82) is 0 Å². The van der Waals surface area contributed by atoms with Crippen molar-refractivity contribution in [2.24, 2.45) is 0 Å². The molecule has 4 aromatic rings. The molecule has 0 spiro atoms. The first-order valence-electron chi connectivity index (χ1n) is 13.5. The lowest BCUT2D eigenvalue weighted by atomic mass is 9.97. The van der Waals surface area contributed by atoms with Crippen LogP contribution in [-0.2, 0) is 4.57 Å². The number of benzene rings is 3. The second-order valence-electron chi connectivity index (χ2n) is 10.7. The Morgan fingerprint density at radius 2 is 1.50 bits per heavy atom. The Bertz CT molecular complexity index is 1520. The van der Waals surface area contributed by atoms with Gasteiger partial charge in [-0.25, -0.2) is 0 Å². The van der Waals surface area contributed by atoms with Crippen molar-refractivity contribution < 1.29 is 24.3 Å². The molecule has 0 saturated carbocycles. The van der Waals surface area contributed by atoms with Crippen molar-refractivity contribution in [3.8, 4) is 27.7 Å². The highest BCUT2D eigenvalue weighted by molar-refractivity contribution is 7.62. The minimum Gasteiger partial charge on any atom is -0.508 e. The maximum atomic E-state index is 13.8. The van der Waals surface area contributed by atoms with Crippen molar-refractivity contribution in [3.05, 3.63) is 77.9 Å². The minimum absolute atomic E-state index is 0.105. The van der Waals surface area contributed by atoms with Crippen molar-refractivity contribution in [3.63, 3.8) is 0 Å². The second-order valence-corrected chi connectivity index (χ2v) is 15.4. The van der Waals surface area contributed by atoms with E-state index < -0.39 is 7.14 Å². The smallest absolute Gasteiger partial charge is 0.195 e. The fraction of sp³-hybridized carbons (Fsp3) is 0.323. The molecule has 1 saturated heterocycles. The Kier molecular flexibility index (Phi) is 8.62. The molecule has 2 N–H and O–H groups in total. The fourth-order valence-electron chi connectivity index (χ4n) is 4.89. The Hall–Kier alpha value is -3.16. The molecule has 210 valence electrons. The van der Waals surface area contributed by atoms with E-state index in [1.165, 1.54) is 11.3 Å². The number of carbonyl (C=O) groups excluding carboxylic acids is 1. The summed E-state index contributed by atoms with van der Waals surface area (Å²) in [5.74, 6) is 0.926. The van der Waals surface area contributed by atoms with Gasteiger partial charge in [0.25, 0.3) is 0 Å². The predicted molar refractivity (Wildman–Crippen MR) is 163 cm³/mol. The Labute approximate surface area is 239 Å². The summed E-state index contributed by atoms with van der Waals surface area (Å²) in [7, 11) is -1.97. The van der Waals surface area contributed by atoms with E-state index in [1.54, 1.807) is 54.6 Å². The molecule has 0 atom stereocenters. The number of phenolic OH excluding ortho intramolecular Hbond substituents is 2. The topological polar surface area (TPSA) is 90.3 Å². The molecular formula is C31H35N2O5PS. The second kappa shape index (κ2) is 12.1. The number of hydrogen-bond acceptors (Lipinski definition) is 8. The Balaban J connectivity index is 1.22. The lowest BCUT2D eigenvalue weighted by molar-refractivity contribution is 0.104. The van der Waals surface area contributed by atoms with E-state index in [9.17, 15) is 19.6 Å². The van der Waals surface area contributed by atoms with Gasteiger partial charge in [-0.15, -0.1) is 11.3 Å². The molecule has 0 bridgehead atoms. The van der Waals surface area contributed by atoms with E-state index in [4.69, 9.17) is 4.74 Å². The number of piperazine rings is 1. The third kappa shape index (κ3) is 6.94. The number of hydrogen-bond donors (Lipinski definition) is 2. The first kappa shape index (κ1) is 28.4. The van der Waals surface area contributed by atoms with Gasteiger partial charge in [-0.1, -0.05) is 0 Å². The summed E-state index contributed by atoms with van der Waals surface area (Å²) in [5.41, 5.74) is 1.97. The number of nitrogens with zero attached hydrogens (tertiary/aromatic N) is 2. The van der Waals surface area contributed by atoms with E-state index in [0.717, 1.165) is 71.7 Å². The van der Waals surface area contributed by atoms with Crippen LogP contribution in [0.5, 0.6) is 17.2 Å². The van der Waals surface area contributed by atoms with Crippen LogP contribution >= 0.6 is 18.5 Å². The van der Waals surface area contributed by atoms with Gasteiger partial charge in [0.05, 0.1) is 7.14 Å². The molecule has 7 nitrogen and oxygen atoms in total. The third-order valence-electron chi connectivity index (χ3n) is 7.24. The fourth-order valence-corrected chi connectivity index (χ4v) is 6.89.